The highest BCUT2D eigenvalue weighted by molar-refractivity contribution is 6.03. The second-order valence-corrected chi connectivity index (χ2v) is 3.65. The van der Waals surface area contributed by atoms with Crippen LogP contribution in [0, 0.1) is 18.6 Å². The lowest BCUT2D eigenvalue weighted by Gasteiger charge is -2.02. The second-order valence-electron chi connectivity index (χ2n) is 3.65. The summed E-state index contributed by atoms with van der Waals surface area (Å²) in [5, 5.41) is -0.194. The molecule has 0 spiro atoms. The number of furan rings is 1. The highest BCUT2D eigenvalue weighted by Crippen LogP contribution is 2.32. The molecule has 0 bridgehead atoms. The summed E-state index contributed by atoms with van der Waals surface area (Å²) in [6.45, 7) is 1.13. The molecule has 0 aliphatic rings. The van der Waals surface area contributed by atoms with Gasteiger partial charge in [0.15, 0.2) is 17.2 Å². The maximum Gasteiger partial charge on any atom is 0.458 e. The number of halogens is 5. The predicted molar refractivity (Wildman–Crippen MR) is 51.3 cm³/mol. The lowest BCUT2D eigenvalue weighted by molar-refractivity contribution is -0.0899. The van der Waals surface area contributed by atoms with Gasteiger partial charge >= 0.3 is 12.0 Å². The third kappa shape index (κ3) is 1.85. The average molecular weight is 264 g/mol. The Balaban J connectivity index is 2.72. The summed E-state index contributed by atoms with van der Waals surface area (Å²) in [6.07, 6.45) is -5.13. The van der Waals surface area contributed by atoms with Gasteiger partial charge in [-0.25, -0.2) is 8.78 Å². The van der Waals surface area contributed by atoms with Crippen LogP contribution in [0.3, 0.4) is 0 Å². The molecule has 0 N–H and O–H groups in total. The molecule has 96 valence electrons. The maximum absolute atomic E-state index is 13.3. The molecule has 0 atom stereocenters. The number of rotatable bonds is 1. The van der Waals surface area contributed by atoms with Crippen LogP contribution in [0.1, 0.15) is 16.1 Å². The van der Waals surface area contributed by atoms with Gasteiger partial charge in [0.2, 0.25) is 0 Å². The fraction of sp³-hybridized carbons (Fsp3) is 0.182. The van der Waals surface area contributed by atoms with Crippen molar-refractivity contribution in [3.8, 4) is 0 Å². The normalized spacial score (nSPS) is 12.1. The highest BCUT2D eigenvalue weighted by Gasteiger charge is 2.43. The molecule has 0 saturated carbocycles. The molecule has 18 heavy (non-hydrogen) atoms. The zero-order valence-electron chi connectivity index (χ0n) is 8.86. The van der Waals surface area contributed by atoms with E-state index in [1.165, 1.54) is 0 Å². The Hall–Kier alpha value is -1.92. The molecule has 2 nitrogen and oxygen atoms in total. The van der Waals surface area contributed by atoms with Crippen LogP contribution in [-0.2, 0) is 0 Å². The number of Topliss-reactive ketones (excluding diaryl/α,β-unsaturated/α-hetero) is 1. The molecule has 0 aliphatic heterocycles. The van der Waals surface area contributed by atoms with Crippen molar-refractivity contribution in [3.63, 3.8) is 0 Å². The first-order valence-corrected chi connectivity index (χ1v) is 4.71. The maximum atomic E-state index is 13.3. The van der Waals surface area contributed by atoms with Crippen molar-refractivity contribution in [2.24, 2.45) is 0 Å². The molecule has 0 saturated heterocycles. The summed E-state index contributed by atoms with van der Waals surface area (Å²) in [6, 6.07) is 1.28. The number of ketones is 1. The second kappa shape index (κ2) is 3.79. The Morgan fingerprint density at radius 2 is 1.83 bits per heavy atom. The molecule has 2 rings (SSSR count). The van der Waals surface area contributed by atoms with Crippen LogP contribution in [0.5, 0.6) is 0 Å². The van der Waals surface area contributed by atoms with E-state index in [1.807, 2.05) is 0 Å². The van der Waals surface area contributed by atoms with Crippen molar-refractivity contribution in [1.29, 1.82) is 0 Å². The Bertz CT molecular complexity index is 639. The van der Waals surface area contributed by atoms with Crippen LogP contribution >= 0.6 is 0 Å². The van der Waals surface area contributed by atoms with E-state index >= 15 is 0 Å². The van der Waals surface area contributed by atoms with Gasteiger partial charge in [0.1, 0.15) is 5.82 Å². The van der Waals surface area contributed by atoms with Gasteiger partial charge in [-0.2, -0.15) is 13.2 Å². The van der Waals surface area contributed by atoms with E-state index in [9.17, 15) is 26.7 Å². The zero-order chi connectivity index (χ0) is 13.7. The van der Waals surface area contributed by atoms with Crippen LogP contribution in [0.25, 0.3) is 11.0 Å². The molecule has 1 aromatic carbocycles. The summed E-state index contributed by atoms with van der Waals surface area (Å²) in [5.74, 6) is -5.37. The summed E-state index contributed by atoms with van der Waals surface area (Å²) < 4.78 is 67.5. The van der Waals surface area contributed by atoms with Crippen molar-refractivity contribution < 1.29 is 31.2 Å². The quantitative estimate of drug-likeness (QED) is 0.579. The SMILES string of the molecule is Cc1c(C(=O)C(F)(F)F)oc2c(F)cc(F)cc12. The minimum atomic E-state index is -5.13. The zero-order valence-corrected chi connectivity index (χ0v) is 8.86. The van der Waals surface area contributed by atoms with Crippen molar-refractivity contribution in [2.75, 3.05) is 0 Å². The Kier molecular flexibility index (Phi) is 2.64. The lowest BCUT2D eigenvalue weighted by Crippen LogP contribution is -2.22. The first-order valence-electron chi connectivity index (χ1n) is 4.71. The van der Waals surface area contributed by atoms with Crippen LogP contribution < -0.4 is 0 Å². The number of hydrogen-bond acceptors (Lipinski definition) is 2. The van der Waals surface area contributed by atoms with E-state index in [0.29, 0.717) is 6.07 Å². The summed E-state index contributed by atoms with van der Waals surface area (Å²) >= 11 is 0. The van der Waals surface area contributed by atoms with E-state index < -0.39 is 34.9 Å². The fourth-order valence-electron chi connectivity index (χ4n) is 1.59. The molecule has 0 amide bonds. The van der Waals surface area contributed by atoms with Gasteiger partial charge in [-0.1, -0.05) is 0 Å². The number of alkyl halides is 3. The molecule has 0 radical (unpaired) electrons. The molecule has 0 aliphatic carbocycles. The van der Waals surface area contributed by atoms with Crippen LogP contribution in [-0.4, -0.2) is 12.0 Å². The van der Waals surface area contributed by atoms with E-state index in [4.69, 9.17) is 0 Å². The Morgan fingerprint density at radius 3 is 2.39 bits per heavy atom. The van der Waals surface area contributed by atoms with Gasteiger partial charge in [-0.3, -0.25) is 4.79 Å². The van der Waals surface area contributed by atoms with Gasteiger partial charge in [0.25, 0.3) is 0 Å². The van der Waals surface area contributed by atoms with Gasteiger partial charge in [-0.15, -0.1) is 0 Å². The Morgan fingerprint density at radius 1 is 1.22 bits per heavy atom. The first-order chi connectivity index (χ1) is 8.21. The van der Waals surface area contributed by atoms with Crippen molar-refractivity contribution >= 4 is 16.8 Å². The average Bonchev–Trinajstić information content (AvgIpc) is 2.54. The molecule has 0 fully saturated rings. The van der Waals surface area contributed by atoms with E-state index in [-0.39, 0.29) is 10.9 Å². The smallest absolute Gasteiger partial charge is 0.449 e. The van der Waals surface area contributed by atoms with Gasteiger partial charge in [-0.05, 0) is 13.0 Å². The van der Waals surface area contributed by atoms with Crippen molar-refractivity contribution in [2.45, 2.75) is 13.1 Å². The summed E-state index contributed by atoms with van der Waals surface area (Å²) in [4.78, 5) is 11.0. The van der Waals surface area contributed by atoms with Gasteiger partial charge in [0, 0.05) is 17.0 Å². The third-order valence-corrected chi connectivity index (χ3v) is 2.42. The number of benzene rings is 1. The number of aryl methyl sites for hydroxylation is 1. The fourth-order valence-corrected chi connectivity index (χ4v) is 1.59. The monoisotopic (exact) mass is 264 g/mol. The van der Waals surface area contributed by atoms with Gasteiger partial charge < -0.3 is 4.42 Å². The standard InChI is InChI=1S/C11H5F5O2/c1-4-6-2-5(12)3-7(13)9(6)18-8(4)10(17)11(14,15)16/h2-3H,1H3. The van der Waals surface area contributed by atoms with Crippen LogP contribution in [0.2, 0.25) is 0 Å². The molecular weight excluding hydrogens is 259 g/mol. The van der Waals surface area contributed by atoms with E-state index in [0.717, 1.165) is 13.0 Å². The number of carbonyl (C=O) groups is 1. The molecule has 1 aromatic heterocycles. The largest absolute Gasteiger partial charge is 0.458 e. The third-order valence-electron chi connectivity index (χ3n) is 2.42. The molecule has 7 heteroatoms. The number of hydrogen-bond donors (Lipinski definition) is 0. The van der Waals surface area contributed by atoms with Crippen molar-refractivity contribution in [3.05, 3.63) is 35.1 Å². The first kappa shape index (κ1) is 12.5. The molecule has 1 heterocycles. The van der Waals surface area contributed by atoms with E-state index in [2.05, 4.69) is 4.42 Å². The number of carbonyl (C=O) groups excluding carboxylic acids is 1. The number of fused-ring (bicyclic) bond motifs is 1. The predicted octanol–water partition coefficient (Wildman–Crippen LogP) is 3.76. The van der Waals surface area contributed by atoms with Crippen LogP contribution in [0.15, 0.2) is 16.5 Å². The van der Waals surface area contributed by atoms with Crippen molar-refractivity contribution in [1.82, 2.24) is 0 Å². The molecule has 2 aromatic rings. The lowest BCUT2D eigenvalue weighted by atomic mass is 10.1. The molecular formula is C11H5F5O2. The van der Waals surface area contributed by atoms with Gasteiger partial charge in [0.05, 0.1) is 0 Å². The summed E-state index contributed by atoms with van der Waals surface area (Å²) in [7, 11) is 0. The Labute approximate surface area is 97.0 Å². The molecule has 0 unspecified atom stereocenters. The van der Waals surface area contributed by atoms with E-state index in [1.54, 1.807) is 0 Å². The minimum absolute atomic E-state index is 0.194. The topological polar surface area (TPSA) is 30.2 Å². The summed E-state index contributed by atoms with van der Waals surface area (Å²) in [5.41, 5.74) is -0.813. The minimum Gasteiger partial charge on any atom is -0.449 e. The highest BCUT2D eigenvalue weighted by atomic mass is 19.4. The van der Waals surface area contributed by atoms with Crippen LogP contribution in [0.4, 0.5) is 22.0 Å².